The van der Waals surface area contributed by atoms with Gasteiger partial charge in [-0.15, -0.1) is 0 Å². The minimum atomic E-state index is -3.84. The summed E-state index contributed by atoms with van der Waals surface area (Å²) in [7, 11) is -3.84. The van der Waals surface area contributed by atoms with Crippen LogP contribution < -0.4 is 4.72 Å². The van der Waals surface area contributed by atoms with Crippen molar-refractivity contribution in [1.82, 2.24) is 9.71 Å². The highest BCUT2D eigenvalue weighted by molar-refractivity contribution is 7.89. The topological polar surface area (TPSA) is 106 Å². The second-order valence-corrected chi connectivity index (χ2v) is 10.8. The highest BCUT2D eigenvalue weighted by atomic mass is 32.2. The fraction of sp³-hybridized carbons (Fsp3) is 0.310. The highest BCUT2D eigenvalue weighted by Crippen LogP contribution is 2.33. The highest BCUT2D eigenvalue weighted by Gasteiger charge is 2.33. The van der Waals surface area contributed by atoms with Crippen LogP contribution in [0.4, 0.5) is 0 Å². The molecule has 0 saturated heterocycles. The van der Waals surface area contributed by atoms with Gasteiger partial charge in [0.1, 0.15) is 11.9 Å². The van der Waals surface area contributed by atoms with E-state index >= 15 is 0 Å². The minimum absolute atomic E-state index is 0.0701. The number of cyclic esters (lactones) is 1. The van der Waals surface area contributed by atoms with E-state index in [4.69, 9.17) is 4.74 Å². The molecule has 1 aromatic heterocycles. The van der Waals surface area contributed by atoms with E-state index in [2.05, 4.69) is 16.3 Å². The SMILES string of the molecule is C=C(/C=C\C=C(/C)[C@@H](CC)C1=C(O)CC(CCc2ccccc2)OC1=O)NS(=O)(=O)c1ccc(C)cn1. The van der Waals surface area contributed by atoms with Gasteiger partial charge in [-0.2, -0.15) is 8.42 Å². The number of allylic oxidation sites excluding steroid dienone is 4. The summed E-state index contributed by atoms with van der Waals surface area (Å²) in [6.07, 6.45) is 8.34. The van der Waals surface area contributed by atoms with Crippen molar-refractivity contribution in [3.05, 3.63) is 107 Å². The van der Waals surface area contributed by atoms with Crippen LogP contribution >= 0.6 is 0 Å². The molecule has 0 spiro atoms. The molecule has 1 aliphatic rings. The van der Waals surface area contributed by atoms with Crippen molar-refractivity contribution >= 4 is 16.0 Å². The van der Waals surface area contributed by atoms with Crippen molar-refractivity contribution in [2.75, 3.05) is 0 Å². The maximum absolute atomic E-state index is 12.8. The Labute approximate surface area is 219 Å². The number of hydrogen-bond donors (Lipinski definition) is 2. The summed E-state index contributed by atoms with van der Waals surface area (Å²) in [5, 5.41) is 10.7. The third-order valence-electron chi connectivity index (χ3n) is 6.21. The van der Waals surface area contributed by atoms with Crippen molar-refractivity contribution in [2.45, 2.75) is 57.6 Å². The predicted molar refractivity (Wildman–Crippen MR) is 144 cm³/mol. The molecular weight excluding hydrogens is 488 g/mol. The smallest absolute Gasteiger partial charge is 0.338 e. The first-order chi connectivity index (χ1) is 17.6. The largest absolute Gasteiger partial charge is 0.512 e. The Hall–Kier alpha value is -3.65. The van der Waals surface area contributed by atoms with Crippen LogP contribution in [0.1, 0.15) is 44.2 Å². The Bertz CT molecular complexity index is 1310. The molecule has 2 N–H and O–H groups in total. The molecule has 0 fully saturated rings. The van der Waals surface area contributed by atoms with E-state index in [9.17, 15) is 18.3 Å². The number of hydrogen-bond acceptors (Lipinski definition) is 6. The average molecular weight is 523 g/mol. The maximum atomic E-state index is 12.8. The Balaban J connectivity index is 1.64. The van der Waals surface area contributed by atoms with Gasteiger partial charge in [0, 0.05) is 24.2 Å². The molecule has 0 radical (unpaired) electrons. The van der Waals surface area contributed by atoms with Gasteiger partial charge in [-0.1, -0.05) is 67.6 Å². The number of benzene rings is 1. The van der Waals surface area contributed by atoms with E-state index in [1.54, 1.807) is 18.2 Å². The number of aliphatic hydroxyl groups excluding tert-OH is 1. The number of aryl methyl sites for hydroxylation is 2. The summed E-state index contributed by atoms with van der Waals surface area (Å²) in [5.74, 6) is -0.747. The third kappa shape index (κ3) is 7.67. The second-order valence-electron chi connectivity index (χ2n) is 9.15. The number of aliphatic hydroxyl groups is 1. The third-order valence-corrected chi connectivity index (χ3v) is 7.53. The number of rotatable bonds is 11. The van der Waals surface area contributed by atoms with E-state index in [0.717, 1.165) is 23.1 Å². The quantitative estimate of drug-likeness (QED) is 0.299. The van der Waals surface area contributed by atoms with Crippen molar-refractivity contribution in [3.8, 4) is 0 Å². The summed E-state index contributed by atoms with van der Waals surface area (Å²) in [6.45, 7) is 9.36. The summed E-state index contributed by atoms with van der Waals surface area (Å²) < 4.78 is 33.0. The van der Waals surface area contributed by atoms with Crippen LogP contribution in [0.15, 0.2) is 101 Å². The van der Waals surface area contributed by atoms with Crippen LogP contribution in [-0.4, -0.2) is 30.6 Å². The van der Waals surface area contributed by atoms with Gasteiger partial charge in [0.2, 0.25) is 0 Å². The molecule has 1 aromatic carbocycles. The van der Waals surface area contributed by atoms with Crippen LogP contribution in [0, 0.1) is 12.8 Å². The molecule has 0 aliphatic carbocycles. The monoisotopic (exact) mass is 522 g/mol. The average Bonchev–Trinajstić information content (AvgIpc) is 2.85. The van der Waals surface area contributed by atoms with E-state index in [1.807, 2.05) is 51.1 Å². The Morgan fingerprint density at radius 3 is 2.62 bits per heavy atom. The van der Waals surface area contributed by atoms with Crippen LogP contribution in [0.2, 0.25) is 0 Å². The first-order valence-corrected chi connectivity index (χ1v) is 13.7. The first kappa shape index (κ1) is 27.9. The van der Waals surface area contributed by atoms with Crippen molar-refractivity contribution in [3.63, 3.8) is 0 Å². The number of nitrogens with one attached hydrogen (secondary N) is 1. The fourth-order valence-electron chi connectivity index (χ4n) is 4.23. The lowest BCUT2D eigenvalue weighted by Crippen LogP contribution is -2.30. The van der Waals surface area contributed by atoms with Crippen molar-refractivity contribution in [1.29, 1.82) is 0 Å². The molecule has 2 heterocycles. The van der Waals surface area contributed by atoms with Crippen molar-refractivity contribution in [2.24, 2.45) is 5.92 Å². The maximum Gasteiger partial charge on any atom is 0.338 e. The molecule has 2 atom stereocenters. The van der Waals surface area contributed by atoms with E-state index in [1.165, 1.54) is 18.3 Å². The molecule has 37 heavy (non-hydrogen) atoms. The van der Waals surface area contributed by atoms with E-state index in [-0.39, 0.29) is 34.1 Å². The van der Waals surface area contributed by atoms with Crippen LogP contribution in [0.25, 0.3) is 0 Å². The molecule has 0 amide bonds. The molecule has 196 valence electrons. The van der Waals surface area contributed by atoms with Gasteiger partial charge in [0.05, 0.1) is 5.57 Å². The molecule has 2 aromatic rings. The molecule has 1 aliphatic heterocycles. The molecule has 0 bridgehead atoms. The summed E-state index contributed by atoms with van der Waals surface area (Å²) in [5.41, 5.74) is 3.29. The number of sulfonamides is 1. The Morgan fingerprint density at radius 2 is 2.00 bits per heavy atom. The standard InChI is InChI=1S/C29H34N2O5S/c1-5-25(28-26(32)18-24(36-29(28)33)16-15-23-12-7-6-8-13-23)21(3)10-9-11-22(4)31-37(34,35)27-17-14-20(2)19-30-27/h6-14,17,19,24-25,31-32H,4-5,15-16,18H2,1-3H3/b11-9-,21-10+/t24?,25-/m1/s1. The van der Waals surface area contributed by atoms with Gasteiger partial charge in [0.25, 0.3) is 10.0 Å². The molecule has 3 rings (SSSR count). The second kappa shape index (κ2) is 12.5. The van der Waals surface area contributed by atoms with Gasteiger partial charge in [0.15, 0.2) is 5.03 Å². The fourth-order valence-corrected chi connectivity index (χ4v) is 5.19. The number of aromatic nitrogens is 1. The zero-order valence-electron chi connectivity index (χ0n) is 21.5. The summed E-state index contributed by atoms with van der Waals surface area (Å²) in [6, 6.07) is 13.1. The number of carbonyl (C=O) groups is 1. The lowest BCUT2D eigenvalue weighted by molar-refractivity contribution is -0.147. The molecule has 8 heteroatoms. The number of pyridine rings is 1. The van der Waals surface area contributed by atoms with E-state index in [0.29, 0.717) is 19.3 Å². The number of ether oxygens (including phenoxy) is 1. The zero-order valence-corrected chi connectivity index (χ0v) is 22.3. The van der Waals surface area contributed by atoms with Crippen molar-refractivity contribution < 1.29 is 23.1 Å². The normalized spacial score (nSPS) is 17.5. The number of carbonyl (C=O) groups excluding carboxylic acids is 1. The van der Waals surface area contributed by atoms with Crippen LogP contribution in [-0.2, 0) is 26.0 Å². The zero-order chi connectivity index (χ0) is 27.0. The Morgan fingerprint density at radius 1 is 1.27 bits per heavy atom. The first-order valence-electron chi connectivity index (χ1n) is 12.3. The molecular formula is C29H34N2O5S. The minimum Gasteiger partial charge on any atom is -0.512 e. The van der Waals surface area contributed by atoms with Crippen LogP contribution in [0.3, 0.4) is 0 Å². The van der Waals surface area contributed by atoms with Gasteiger partial charge in [-0.25, -0.2) is 9.78 Å². The number of nitrogens with zero attached hydrogens (tertiary/aromatic N) is 1. The van der Waals surface area contributed by atoms with Crippen LogP contribution in [0.5, 0.6) is 0 Å². The molecule has 7 nitrogen and oxygen atoms in total. The van der Waals surface area contributed by atoms with Gasteiger partial charge >= 0.3 is 5.97 Å². The van der Waals surface area contributed by atoms with E-state index < -0.39 is 16.0 Å². The van der Waals surface area contributed by atoms with Gasteiger partial charge in [-0.05, 0) is 56.4 Å². The van der Waals surface area contributed by atoms with Gasteiger partial charge < -0.3 is 9.84 Å². The summed E-state index contributed by atoms with van der Waals surface area (Å²) in [4.78, 5) is 16.8. The predicted octanol–water partition coefficient (Wildman–Crippen LogP) is 5.47. The molecule has 0 saturated carbocycles. The van der Waals surface area contributed by atoms with Gasteiger partial charge in [-0.3, -0.25) is 4.72 Å². The molecule has 1 unspecified atom stereocenters. The number of esters is 1. The lowest BCUT2D eigenvalue weighted by Gasteiger charge is -2.28. The summed E-state index contributed by atoms with van der Waals surface area (Å²) >= 11 is 0. The lowest BCUT2D eigenvalue weighted by atomic mass is 9.85. The Kier molecular flexibility index (Phi) is 9.47.